The molecular weight excluding hydrogens is 170 g/mol. The lowest BCUT2D eigenvalue weighted by Crippen LogP contribution is -2.13. The molecule has 0 unspecified atom stereocenters. The molecule has 1 aromatic carbocycles. The highest BCUT2D eigenvalue weighted by atomic mass is 14.7. The first-order chi connectivity index (χ1) is 6.57. The van der Waals surface area contributed by atoms with E-state index >= 15 is 0 Å². The van der Waals surface area contributed by atoms with E-state index in [4.69, 9.17) is 0 Å². The lowest BCUT2D eigenvalue weighted by Gasteiger charge is -2.21. The first-order valence-electron chi connectivity index (χ1n) is 5.18. The van der Waals surface area contributed by atoms with Crippen LogP contribution < -0.4 is 0 Å². The molecule has 0 saturated heterocycles. The summed E-state index contributed by atoms with van der Waals surface area (Å²) < 4.78 is 0. The number of hydrogen-bond acceptors (Lipinski definition) is 1. The summed E-state index contributed by atoms with van der Waals surface area (Å²) in [6.45, 7) is 7.61. The Kier molecular flexibility index (Phi) is 2.18. The van der Waals surface area contributed by atoms with Gasteiger partial charge in [0.1, 0.15) is 0 Å². The van der Waals surface area contributed by atoms with Gasteiger partial charge in [-0.05, 0) is 22.1 Å². The van der Waals surface area contributed by atoms with E-state index in [1.54, 1.807) is 0 Å². The molecule has 1 aromatic rings. The second kappa shape index (κ2) is 3.23. The van der Waals surface area contributed by atoms with Gasteiger partial charge >= 0.3 is 0 Å². The van der Waals surface area contributed by atoms with Gasteiger partial charge in [0.25, 0.3) is 0 Å². The predicted molar refractivity (Wildman–Crippen MR) is 61.0 cm³/mol. The number of fused-ring (bicyclic) bond motifs is 1. The van der Waals surface area contributed by atoms with Crippen LogP contribution in [0.5, 0.6) is 0 Å². The molecule has 2 rings (SSSR count). The predicted octanol–water partition coefficient (Wildman–Crippen LogP) is 3.11. The Morgan fingerprint density at radius 3 is 2.64 bits per heavy atom. The van der Waals surface area contributed by atoms with Gasteiger partial charge in [0, 0.05) is 12.6 Å². The molecule has 0 aliphatic carbocycles. The number of rotatable bonds is 0. The van der Waals surface area contributed by atoms with Crippen LogP contribution in [0.1, 0.15) is 37.5 Å². The van der Waals surface area contributed by atoms with E-state index in [1.807, 2.05) is 6.21 Å². The third-order valence-corrected chi connectivity index (χ3v) is 2.77. The second-order valence-electron chi connectivity index (χ2n) is 4.96. The second-order valence-corrected chi connectivity index (χ2v) is 4.96. The van der Waals surface area contributed by atoms with Gasteiger partial charge < -0.3 is 0 Å². The van der Waals surface area contributed by atoms with Crippen LogP contribution in [0.15, 0.2) is 23.2 Å². The third-order valence-electron chi connectivity index (χ3n) is 2.77. The average molecular weight is 187 g/mol. The Labute approximate surface area is 85.9 Å². The van der Waals surface area contributed by atoms with Crippen molar-refractivity contribution in [2.24, 2.45) is 4.99 Å². The molecule has 0 bridgehead atoms. The van der Waals surface area contributed by atoms with Gasteiger partial charge in [0.05, 0.1) is 6.54 Å². The fraction of sp³-hybridized carbons (Fsp3) is 0.462. The van der Waals surface area contributed by atoms with E-state index in [0.717, 1.165) is 13.0 Å². The summed E-state index contributed by atoms with van der Waals surface area (Å²) in [5.74, 6) is 0. The van der Waals surface area contributed by atoms with E-state index in [0.29, 0.717) is 0 Å². The Morgan fingerprint density at radius 2 is 1.93 bits per heavy atom. The molecule has 1 nitrogen and oxygen atoms in total. The monoisotopic (exact) mass is 187 g/mol. The van der Waals surface area contributed by atoms with Gasteiger partial charge in [-0.2, -0.15) is 0 Å². The topological polar surface area (TPSA) is 12.4 Å². The van der Waals surface area contributed by atoms with E-state index in [2.05, 4.69) is 44.0 Å². The maximum absolute atomic E-state index is 4.32. The van der Waals surface area contributed by atoms with Crippen LogP contribution in [0.4, 0.5) is 0 Å². The van der Waals surface area contributed by atoms with Crippen molar-refractivity contribution in [3.05, 3.63) is 34.9 Å². The van der Waals surface area contributed by atoms with Crippen LogP contribution in [0, 0.1) is 0 Å². The smallest absolute Gasteiger partial charge is 0.0638 e. The normalized spacial score (nSPS) is 15.4. The average Bonchev–Trinajstić information content (AvgIpc) is 2.16. The zero-order chi connectivity index (χ0) is 10.2. The Morgan fingerprint density at radius 1 is 1.14 bits per heavy atom. The highest BCUT2D eigenvalue weighted by molar-refractivity contribution is 5.64. The van der Waals surface area contributed by atoms with Crippen molar-refractivity contribution >= 4 is 6.21 Å². The molecule has 74 valence electrons. The van der Waals surface area contributed by atoms with Crippen LogP contribution >= 0.6 is 0 Å². The first kappa shape index (κ1) is 9.45. The Bertz CT molecular complexity index is 369. The number of hydrogen-bond donors (Lipinski definition) is 0. The lowest BCUT2D eigenvalue weighted by molar-refractivity contribution is 0.589. The summed E-state index contributed by atoms with van der Waals surface area (Å²) in [4.78, 5) is 4.32. The molecular formula is C13H17N. The highest BCUT2D eigenvalue weighted by Crippen LogP contribution is 2.26. The largest absolute Gasteiger partial charge is 0.292 e. The van der Waals surface area contributed by atoms with E-state index in [1.165, 1.54) is 16.7 Å². The lowest BCUT2D eigenvalue weighted by atomic mass is 9.84. The molecule has 1 heteroatoms. The minimum atomic E-state index is 0.246. The van der Waals surface area contributed by atoms with Crippen molar-refractivity contribution in [1.29, 1.82) is 0 Å². The maximum Gasteiger partial charge on any atom is 0.0638 e. The van der Waals surface area contributed by atoms with Gasteiger partial charge in [0.2, 0.25) is 0 Å². The van der Waals surface area contributed by atoms with Gasteiger partial charge in [-0.25, -0.2) is 0 Å². The zero-order valence-corrected chi connectivity index (χ0v) is 9.17. The van der Waals surface area contributed by atoms with Crippen molar-refractivity contribution in [3.8, 4) is 0 Å². The third kappa shape index (κ3) is 1.72. The summed E-state index contributed by atoms with van der Waals surface area (Å²) in [6, 6.07) is 6.81. The van der Waals surface area contributed by atoms with Gasteiger partial charge in [-0.3, -0.25) is 4.99 Å². The van der Waals surface area contributed by atoms with Crippen LogP contribution in [-0.2, 0) is 18.4 Å². The van der Waals surface area contributed by atoms with Crippen molar-refractivity contribution in [3.63, 3.8) is 0 Å². The molecule has 0 fully saturated rings. The molecule has 0 saturated carbocycles. The van der Waals surface area contributed by atoms with Gasteiger partial charge in [0.15, 0.2) is 0 Å². The SMILES string of the molecule is CC(C)(C)c1ccc2c(c1)CN=CC2. The highest BCUT2D eigenvalue weighted by Gasteiger charge is 2.15. The first-order valence-corrected chi connectivity index (χ1v) is 5.18. The summed E-state index contributed by atoms with van der Waals surface area (Å²) >= 11 is 0. The summed E-state index contributed by atoms with van der Waals surface area (Å²) in [5, 5.41) is 0. The van der Waals surface area contributed by atoms with Crippen LogP contribution in [0.25, 0.3) is 0 Å². The molecule has 14 heavy (non-hydrogen) atoms. The molecule has 1 aliphatic heterocycles. The minimum absolute atomic E-state index is 0.246. The van der Waals surface area contributed by atoms with Crippen molar-refractivity contribution in [2.45, 2.75) is 39.2 Å². The molecule has 0 spiro atoms. The summed E-state index contributed by atoms with van der Waals surface area (Å²) in [6.07, 6.45) is 3.01. The summed E-state index contributed by atoms with van der Waals surface area (Å²) in [5.41, 5.74) is 4.50. The van der Waals surface area contributed by atoms with Crippen molar-refractivity contribution < 1.29 is 0 Å². The molecule has 0 amide bonds. The summed E-state index contributed by atoms with van der Waals surface area (Å²) in [7, 11) is 0. The van der Waals surface area contributed by atoms with Crippen molar-refractivity contribution in [2.75, 3.05) is 0 Å². The van der Waals surface area contributed by atoms with Crippen LogP contribution in [-0.4, -0.2) is 6.21 Å². The van der Waals surface area contributed by atoms with E-state index < -0.39 is 0 Å². The standard InChI is InChI=1S/C13H17N/c1-13(2,3)12-5-4-10-6-7-14-9-11(10)8-12/h4-5,7-8H,6,9H2,1-3H3. The van der Waals surface area contributed by atoms with Crippen molar-refractivity contribution in [1.82, 2.24) is 0 Å². The van der Waals surface area contributed by atoms with E-state index in [-0.39, 0.29) is 5.41 Å². The Balaban J connectivity index is 2.41. The zero-order valence-electron chi connectivity index (χ0n) is 9.17. The minimum Gasteiger partial charge on any atom is -0.292 e. The molecule has 0 aromatic heterocycles. The van der Waals surface area contributed by atoms with Gasteiger partial charge in [-0.1, -0.05) is 39.0 Å². The van der Waals surface area contributed by atoms with Crippen LogP contribution in [0.2, 0.25) is 0 Å². The van der Waals surface area contributed by atoms with E-state index in [9.17, 15) is 0 Å². The maximum atomic E-state index is 4.32. The fourth-order valence-corrected chi connectivity index (χ4v) is 1.76. The molecule has 0 N–H and O–H groups in total. The number of aliphatic imine (C=N–C) groups is 1. The number of benzene rings is 1. The fourth-order valence-electron chi connectivity index (χ4n) is 1.76. The molecule has 0 atom stereocenters. The molecule has 1 aliphatic rings. The Hall–Kier alpha value is -1.11. The van der Waals surface area contributed by atoms with Gasteiger partial charge in [-0.15, -0.1) is 0 Å². The van der Waals surface area contributed by atoms with Crippen LogP contribution in [0.3, 0.4) is 0 Å². The molecule has 0 radical (unpaired) electrons. The molecule has 1 heterocycles. The quantitative estimate of drug-likeness (QED) is 0.591. The number of nitrogens with zero attached hydrogens (tertiary/aromatic N) is 1.